The van der Waals surface area contributed by atoms with Crippen molar-refractivity contribution in [1.29, 1.82) is 0 Å². The molecule has 14 atom stereocenters. The van der Waals surface area contributed by atoms with E-state index in [9.17, 15) is 60.3 Å². The molecule has 0 bridgehead atoms. The number of aliphatic hydroxyl groups is 5. The van der Waals surface area contributed by atoms with Gasteiger partial charge in [0.05, 0.1) is 42.0 Å². The van der Waals surface area contributed by atoms with Crippen LogP contribution in [0.15, 0.2) is 91.0 Å². The van der Waals surface area contributed by atoms with Gasteiger partial charge < -0.3 is 49.5 Å². The number of nitrogens with zero attached hydrogens (tertiary/aromatic N) is 2. The van der Waals surface area contributed by atoms with E-state index in [0.29, 0.717) is 12.8 Å². The number of cyclic esters (lactones) is 1. The molecule has 2 saturated heterocycles. The van der Waals surface area contributed by atoms with Crippen molar-refractivity contribution < 1.29 is 74.5 Å². The van der Waals surface area contributed by atoms with Crippen molar-refractivity contribution in [2.45, 2.75) is 205 Å². The van der Waals surface area contributed by atoms with Gasteiger partial charge in [-0.2, -0.15) is 0 Å². The SMILES string of the molecule is CC[C@H]1OC(=O)[C@H](C)[C@@H](O)[C@H](C)[C@@H](O[C@@H]2O[C@H](C)C[C@H](N(C)C)[C@H]2O)[C@](C)(O)C[C@@H](C)CN(C(=O)CCCCCCCCCCC[P+](c2ccccc2)(c2ccccc2)c2ccccc2)[C@H](C)[C@@H](O)[C@]1(C)O.F[P-](F)(F)(F)(F)F. The zero-order chi connectivity index (χ0) is 59.2. The van der Waals surface area contributed by atoms with E-state index in [2.05, 4.69) is 91.0 Å². The van der Waals surface area contributed by atoms with E-state index in [4.69, 9.17) is 14.2 Å². The number of amides is 1. The molecule has 5 N–H and O–H groups in total. The summed E-state index contributed by atoms with van der Waals surface area (Å²) in [5.74, 6) is -3.32. The van der Waals surface area contributed by atoms with Gasteiger partial charge in [0, 0.05) is 24.9 Å². The second-order valence-electron chi connectivity index (χ2n) is 23.2. The summed E-state index contributed by atoms with van der Waals surface area (Å²) in [7, 11) is -8.74. The van der Waals surface area contributed by atoms with E-state index in [-0.39, 0.29) is 49.8 Å². The zero-order valence-corrected chi connectivity index (χ0v) is 49.8. The molecule has 0 aromatic heterocycles. The minimum absolute atomic E-state index is 0.0963. The maximum atomic E-state index is 14.3. The van der Waals surface area contributed by atoms with Gasteiger partial charge in [-0.1, -0.05) is 114 Å². The Morgan fingerprint density at radius 3 is 1.62 bits per heavy atom. The summed E-state index contributed by atoms with van der Waals surface area (Å²) in [6.07, 6.45) is 3.97. The Balaban J connectivity index is 0.00000179. The number of benzene rings is 3. The van der Waals surface area contributed by atoms with Gasteiger partial charge in [0.2, 0.25) is 5.91 Å². The Labute approximate surface area is 466 Å². The van der Waals surface area contributed by atoms with Crippen LogP contribution in [0.4, 0.5) is 25.2 Å². The van der Waals surface area contributed by atoms with Crippen LogP contribution in [0.2, 0.25) is 0 Å². The van der Waals surface area contributed by atoms with Crippen LogP contribution >= 0.6 is 15.1 Å². The van der Waals surface area contributed by atoms with Crippen LogP contribution in [0.5, 0.6) is 0 Å². The molecule has 12 nitrogen and oxygen atoms in total. The average molecular weight is 1170 g/mol. The quantitative estimate of drug-likeness (QED) is 0.0335. The standard InChI is InChI=1S/C59H92N2O10P.F6P/c1-11-50-59(8,68)54(65)45(6)61(40-41(2)39-58(7,67)55(43(4)52(63)44(5)56(66)70-50)71-57-53(64)49(60(9)10)38-42(3)69-57)51(62)36-28-17-15-13-12-14-16-18-29-37-72(46-30-22-19-23-31-46,47-32-24-20-25-33-47)48-34-26-21-27-35-48;1-7(2,3,4,5)6/h19-27,30-35,41-45,49-50,52-55,57,63-65,67-68H,11-18,28-29,36-40H2,1-10H3;/q+1;-1/t41-,42-,43+,44-,45-,49+,50-,52+,53-,54-,55-,57+,58-,59-;/m1./s1. The number of aliphatic hydroxyl groups excluding tert-OH is 3. The van der Waals surface area contributed by atoms with E-state index in [0.717, 1.165) is 44.7 Å². The Bertz CT molecular complexity index is 2200. The number of rotatable bonds is 19. The van der Waals surface area contributed by atoms with Crippen LogP contribution < -0.4 is 15.9 Å². The molecule has 2 heterocycles. The minimum atomic E-state index is -10.7. The molecule has 5 rings (SSSR count). The summed E-state index contributed by atoms with van der Waals surface area (Å²) in [5, 5.41) is 63.8. The topological polar surface area (TPSA) is 169 Å². The molecular weight excluding hydrogens is 1070 g/mol. The molecule has 3 aromatic rings. The number of ether oxygens (including phenoxy) is 3. The molecule has 1 amide bonds. The molecule has 2 aliphatic rings. The predicted molar refractivity (Wildman–Crippen MR) is 304 cm³/mol. The Kier molecular flexibility index (Phi) is 24.5. The number of carbonyl (C=O) groups is 2. The van der Waals surface area contributed by atoms with E-state index in [1.807, 2.05) is 32.8 Å². The molecule has 0 unspecified atom stereocenters. The fourth-order valence-electron chi connectivity index (χ4n) is 11.7. The predicted octanol–water partition coefficient (Wildman–Crippen LogP) is 11.1. The van der Waals surface area contributed by atoms with Crippen molar-refractivity contribution in [3.05, 3.63) is 91.0 Å². The molecule has 450 valence electrons. The number of unbranched alkanes of at least 4 members (excludes halogenated alkanes) is 8. The van der Waals surface area contributed by atoms with Crippen LogP contribution in [0.3, 0.4) is 0 Å². The van der Waals surface area contributed by atoms with Crippen LogP contribution in [-0.2, 0) is 23.8 Å². The molecule has 0 spiro atoms. The van der Waals surface area contributed by atoms with Crippen LogP contribution in [0.1, 0.15) is 139 Å². The number of hydrogen-bond donors (Lipinski definition) is 5. The van der Waals surface area contributed by atoms with Crippen molar-refractivity contribution >= 4 is 42.9 Å². The van der Waals surface area contributed by atoms with Gasteiger partial charge in [-0.05, 0) is 130 Å². The van der Waals surface area contributed by atoms with Crippen molar-refractivity contribution in [3.63, 3.8) is 0 Å². The van der Waals surface area contributed by atoms with Gasteiger partial charge in [-0.25, -0.2) is 0 Å². The van der Waals surface area contributed by atoms with Crippen molar-refractivity contribution in [3.8, 4) is 0 Å². The molecule has 2 aliphatic heterocycles. The average Bonchev–Trinajstić information content (AvgIpc) is 3.41. The van der Waals surface area contributed by atoms with E-state index in [1.54, 1.807) is 32.6 Å². The number of likely N-dealkylation sites (N-methyl/N-ethyl adjacent to an activating group) is 1. The van der Waals surface area contributed by atoms with E-state index >= 15 is 0 Å². The number of esters is 1. The van der Waals surface area contributed by atoms with Gasteiger partial charge in [0.15, 0.2) is 6.29 Å². The first-order chi connectivity index (χ1) is 36.6. The summed E-state index contributed by atoms with van der Waals surface area (Å²) in [4.78, 5) is 31.6. The number of halogens is 6. The van der Waals surface area contributed by atoms with Gasteiger partial charge in [-0.3, -0.25) is 9.59 Å². The third-order valence-electron chi connectivity index (χ3n) is 16.0. The fourth-order valence-corrected chi connectivity index (χ4v) is 16.1. The van der Waals surface area contributed by atoms with Crippen molar-refractivity contribution in [1.82, 2.24) is 9.80 Å². The first kappa shape index (κ1) is 68.2. The van der Waals surface area contributed by atoms with Crippen LogP contribution in [0.25, 0.3) is 0 Å². The molecule has 2 fully saturated rings. The summed E-state index contributed by atoms with van der Waals surface area (Å²) >= 11 is 0. The van der Waals surface area contributed by atoms with Gasteiger partial charge in [-0.15, -0.1) is 0 Å². The summed E-state index contributed by atoms with van der Waals surface area (Å²) in [6.45, 7) is 13.6. The fraction of sp³-hybridized carbons (Fsp3) is 0.661. The molecular formula is C59H92F6N2O10P2. The maximum absolute atomic E-state index is 14.3. The van der Waals surface area contributed by atoms with Crippen molar-refractivity contribution in [2.75, 3.05) is 26.8 Å². The molecule has 3 aromatic carbocycles. The Hall–Kier alpha value is -3.28. The normalized spacial score (nSPS) is 31.6. The summed E-state index contributed by atoms with van der Waals surface area (Å²) in [6, 6.07) is 32.0. The first-order valence-corrected chi connectivity index (χ1v) is 32.2. The Morgan fingerprint density at radius 2 is 1.18 bits per heavy atom. The zero-order valence-electron chi connectivity index (χ0n) is 48.0. The van der Waals surface area contributed by atoms with E-state index < -0.39 is 86.9 Å². The van der Waals surface area contributed by atoms with Crippen molar-refractivity contribution in [2.24, 2.45) is 17.8 Å². The monoisotopic (exact) mass is 1160 g/mol. The first-order valence-electron chi connectivity index (χ1n) is 28.2. The van der Waals surface area contributed by atoms with Gasteiger partial charge in [0.25, 0.3) is 0 Å². The second kappa shape index (κ2) is 28.3. The third kappa shape index (κ3) is 20.5. The molecule has 0 aliphatic carbocycles. The molecule has 0 radical (unpaired) electrons. The number of hydrogen-bond acceptors (Lipinski definition) is 11. The van der Waals surface area contributed by atoms with Crippen LogP contribution in [0, 0.1) is 17.8 Å². The summed E-state index contributed by atoms with van der Waals surface area (Å²) < 4.78 is 77.8. The van der Waals surface area contributed by atoms with Gasteiger partial charge >= 0.3 is 39.0 Å². The molecule has 20 heteroatoms. The third-order valence-corrected chi connectivity index (χ3v) is 20.5. The van der Waals surface area contributed by atoms with Crippen LogP contribution in [-0.4, -0.2) is 140 Å². The molecule has 79 heavy (non-hydrogen) atoms. The second-order valence-corrected chi connectivity index (χ2v) is 28.7. The molecule has 0 saturated carbocycles. The summed E-state index contributed by atoms with van der Waals surface area (Å²) in [5.41, 5.74) is -3.61. The number of carbonyl (C=O) groups excluding carboxylic acids is 2. The Morgan fingerprint density at radius 1 is 0.734 bits per heavy atom. The van der Waals surface area contributed by atoms with E-state index in [1.165, 1.54) is 42.6 Å². The van der Waals surface area contributed by atoms with Gasteiger partial charge in [0.1, 0.15) is 47.1 Å².